The van der Waals surface area contributed by atoms with Gasteiger partial charge in [0.1, 0.15) is 0 Å². The van der Waals surface area contributed by atoms with Crippen LogP contribution in [-0.4, -0.2) is 25.8 Å². The molecule has 20 heavy (non-hydrogen) atoms. The summed E-state index contributed by atoms with van der Waals surface area (Å²) in [5, 5.41) is 3.70. The first-order chi connectivity index (χ1) is 9.58. The highest BCUT2D eigenvalue weighted by molar-refractivity contribution is 5.23. The zero-order valence-electron chi connectivity index (χ0n) is 13.2. The van der Waals surface area contributed by atoms with E-state index in [1.54, 1.807) is 0 Å². The smallest absolute Gasteiger partial charge is 0.0506 e. The van der Waals surface area contributed by atoms with Gasteiger partial charge in [0.05, 0.1) is 6.61 Å². The predicted octanol–water partition coefficient (Wildman–Crippen LogP) is 3.76. The van der Waals surface area contributed by atoms with Crippen LogP contribution in [0.5, 0.6) is 0 Å². The number of ether oxygens (including phenoxy) is 1. The molecule has 1 saturated heterocycles. The van der Waals surface area contributed by atoms with Crippen molar-refractivity contribution in [1.29, 1.82) is 0 Å². The average molecular weight is 275 g/mol. The summed E-state index contributed by atoms with van der Waals surface area (Å²) in [5.41, 5.74) is 1.64. The Labute approximate surface area is 123 Å². The molecule has 0 aromatic heterocycles. The van der Waals surface area contributed by atoms with Crippen LogP contribution in [0.15, 0.2) is 30.3 Å². The maximum absolute atomic E-state index is 5.54. The van der Waals surface area contributed by atoms with Gasteiger partial charge in [-0.2, -0.15) is 0 Å². The summed E-state index contributed by atoms with van der Waals surface area (Å²) in [6, 6.07) is 11.4. The molecule has 0 amide bonds. The molecule has 1 aromatic rings. The maximum atomic E-state index is 5.54. The summed E-state index contributed by atoms with van der Waals surface area (Å²) in [6.45, 7) is 9.95. The van der Waals surface area contributed by atoms with Gasteiger partial charge in [-0.25, -0.2) is 0 Å². The number of hydrogen-bond acceptors (Lipinski definition) is 2. The monoisotopic (exact) mass is 275 g/mol. The fraction of sp³-hybridized carbons (Fsp3) is 0.667. The van der Waals surface area contributed by atoms with Crippen molar-refractivity contribution in [2.24, 2.45) is 5.92 Å². The van der Waals surface area contributed by atoms with E-state index in [1.807, 2.05) is 0 Å². The van der Waals surface area contributed by atoms with E-state index in [9.17, 15) is 0 Å². The van der Waals surface area contributed by atoms with Crippen molar-refractivity contribution in [3.05, 3.63) is 35.9 Å². The van der Waals surface area contributed by atoms with Gasteiger partial charge in [0.25, 0.3) is 0 Å². The summed E-state index contributed by atoms with van der Waals surface area (Å²) >= 11 is 0. The maximum Gasteiger partial charge on any atom is 0.0506 e. The van der Waals surface area contributed by atoms with Gasteiger partial charge >= 0.3 is 0 Å². The molecular weight excluding hydrogens is 246 g/mol. The number of nitrogens with one attached hydrogen (secondary N) is 1. The highest BCUT2D eigenvalue weighted by Crippen LogP contribution is 2.28. The molecule has 2 rings (SSSR count). The van der Waals surface area contributed by atoms with Gasteiger partial charge in [0.2, 0.25) is 0 Å². The van der Waals surface area contributed by atoms with Gasteiger partial charge in [-0.3, -0.25) is 0 Å². The fourth-order valence-electron chi connectivity index (χ4n) is 3.18. The molecule has 0 spiro atoms. The molecule has 0 saturated carbocycles. The van der Waals surface area contributed by atoms with Crippen LogP contribution in [-0.2, 0) is 10.2 Å². The van der Waals surface area contributed by atoms with Crippen molar-refractivity contribution in [1.82, 2.24) is 5.32 Å². The fourth-order valence-corrected chi connectivity index (χ4v) is 3.18. The van der Waals surface area contributed by atoms with E-state index in [2.05, 4.69) is 56.4 Å². The minimum atomic E-state index is 0.219. The zero-order valence-corrected chi connectivity index (χ0v) is 13.2. The van der Waals surface area contributed by atoms with Gasteiger partial charge in [-0.1, -0.05) is 44.2 Å². The third-order valence-electron chi connectivity index (χ3n) is 4.38. The SMILES string of the molecule is CC(CC(C)(C)c1ccccc1)NCC1CCCOC1. The Morgan fingerprint density at radius 3 is 2.70 bits per heavy atom. The van der Waals surface area contributed by atoms with Crippen LogP contribution < -0.4 is 5.32 Å². The van der Waals surface area contributed by atoms with Crippen molar-refractivity contribution < 1.29 is 4.74 Å². The van der Waals surface area contributed by atoms with Crippen LogP contribution in [0.1, 0.15) is 45.6 Å². The quantitative estimate of drug-likeness (QED) is 0.853. The Morgan fingerprint density at radius 1 is 1.30 bits per heavy atom. The molecule has 1 fully saturated rings. The Bertz CT molecular complexity index is 382. The Morgan fingerprint density at radius 2 is 2.05 bits per heavy atom. The van der Waals surface area contributed by atoms with E-state index in [-0.39, 0.29) is 5.41 Å². The van der Waals surface area contributed by atoms with Gasteiger partial charge in [0, 0.05) is 19.2 Å². The van der Waals surface area contributed by atoms with E-state index in [0.29, 0.717) is 12.0 Å². The first kappa shape index (κ1) is 15.5. The van der Waals surface area contributed by atoms with Crippen molar-refractivity contribution >= 4 is 0 Å². The van der Waals surface area contributed by atoms with Crippen molar-refractivity contribution in [3.8, 4) is 0 Å². The van der Waals surface area contributed by atoms with Gasteiger partial charge in [-0.15, -0.1) is 0 Å². The van der Waals surface area contributed by atoms with E-state index in [4.69, 9.17) is 4.74 Å². The van der Waals surface area contributed by atoms with E-state index >= 15 is 0 Å². The van der Waals surface area contributed by atoms with Crippen LogP contribution in [0.2, 0.25) is 0 Å². The molecule has 1 N–H and O–H groups in total. The largest absolute Gasteiger partial charge is 0.381 e. The molecule has 2 heteroatoms. The molecular formula is C18H29NO. The topological polar surface area (TPSA) is 21.3 Å². The summed E-state index contributed by atoms with van der Waals surface area (Å²) in [7, 11) is 0. The highest BCUT2D eigenvalue weighted by Gasteiger charge is 2.23. The van der Waals surface area contributed by atoms with Crippen molar-refractivity contribution in [2.75, 3.05) is 19.8 Å². The van der Waals surface area contributed by atoms with Gasteiger partial charge in [-0.05, 0) is 43.1 Å². The molecule has 0 bridgehead atoms. The normalized spacial score (nSPS) is 21.6. The summed E-state index contributed by atoms with van der Waals surface area (Å²) < 4.78 is 5.54. The Hall–Kier alpha value is -0.860. The number of benzene rings is 1. The van der Waals surface area contributed by atoms with Gasteiger partial charge in [0.15, 0.2) is 0 Å². The van der Waals surface area contributed by atoms with Crippen LogP contribution in [0, 0.1) is 5.92 Å². The standard InChI is InChI=1S/C18H29NO/c1-15(19-13-16-8-7-11-20-14-16)12-18(2,3)17-9-5-4-6-10-17/h4-6,9-10,15-16,19H,7-8,11-14H2,1-3H3. The second-order valence-corrected chi connectivity index (χ2v) is 6.85. The van der Waals surface area contributed by atoms with Crippen LogP contribution in [0.4, 0.5) is 0 Å². The highest BCUT2D eigenvalue weighted by atomic mass is 16.5. The van der Waals surface area contributed by atoms with Crippen LogP contribution >= 0.6 is 0 Å². The minimum Gasteiger partial charge on any atom is -0.381 e. The lowest BCUT2D eigenvalue weighted by atomic mass is 9.79. The van der Waals surface area contributed by atoms with Crippen LogP contribution in [0.25, 0.3) is 0 Å². The Kier molecular flexibility index (Phi) is 5.62. The molecule has 1 aliphatic heterocycles. The summed E-state index contributed by atoms with van der Waals surface area (Å²) in [6.07, 6.45) is 3.68. The van der Waals surface area contributed by atoms with Crippen molar-refractivity contribution in [3.63, 3.8) is 0 Å². The molecule has 2 unspecified atom stereocenters. The average Bonchev–Trinajstić information content (AvgIpc) is 2.47. The first-order valence-corrected chi connectivity index (χ1v) is 7.94. The lowest BCUT2D eigenvalue weighted by molar-refractivity contribution is 0.0537. The second-order valence-electron chi connectivity index (χ2n) is 6.85. The molecule has 112 valence electrons. The van der Waals surface area contributed by atoms with Gasteiger partial charge < -0.3 is 10.1 Å². The van der Waals surface area contributed by atoms with E-state index in [1.165, 1.54) is 18.4 Å². The predicted molar refractivity (Wildman–Crippen MR) is 85.1 cm³/mol. The molecule has 1 aliphatic rings. The van der Waals surface area contributed by atoms with E-state index in [0.717, 1.165) is 26.2 Å². The second kappa shape index (κ2) is 7.24. The third-order valence-corrected chi connectivity index (χ3v) is 4.38. The molecule has 1 heterocycles. The Balaban J connectivity index is 1.79. The third kappa shape index (κ3) is 4.60. The number of rotatable bonds is 6. The lowest BCUT2D eigenvalue weighted by Crippen LogP contribution is -2.38. The molecule has 2 atom stereocenters. The molecule has 2 nitrogen and oxygen atoms in total. The lowest BCUT2D eigenvalue weighted by Gasteiger charge is -2.30. The first-order valence-electron chi connectivity index (χ1n) is 7.94. The zero-order chi connectivity index (χ0) is 14.4. The molecule has 1 aromatic carbocycles. The molecule has 0 radical (unpaired) electrons. The number of hydrogen-bond donors (Lipinski definition) is 1. The molecule has 0 aliphatic carbocycles. The van der Waals surface area contributed by atoms with E-state index < -0.39 is 0 Å². The minimum absolute atomic E-state index is 0.219. The van der Waals surface area contributed by atoms with Crippen LogP contribution in [0.3, 0.4) is 0 Å². The summed E-state index contributed by atoms with van der Waals surface area (Å²) in [5.74, 6) is 0.700. The van der Waals surface area contributed by atoms with Crippen molar-refractivity contribution in [2.45, 2.75) is 51.5 Å². The summed E-state index contributed by atoms with van der Waals surface area (Å²) in [4.78, 5) is 0.